The van der Waals surface area contributed by atoms with Gasteiger partial charge in [-0.25, -0.2) is 4.79 Å². The van der Waals surface area contributed by atoms with E-state index in [9.17, 15) is 23.1 Å². The van der Waals surface area contributed by atoms with Crippen LogP contribution in [0.5, 0.6) is 0 Å². The molecule has 0 aliphatic heterocycles. The zero-order chi connectivity index (χ0) is 16.2. The second-order valence-corrected chi connectivity index (χ2v) is 5.26. The molecule has 0 bridgehead atoms. The van der Waals surface area contributed by atoms with Crippen LogP contribution in [0.25, 0.3) is 0 Å². The molecule has 1 atom stereocenters. The smallest absolute Gasteiger partial charge is 0.387 e. The van der Waals surface area contributed by atoms with Crippen molar-refractivity contribution in [1.82, 2.24) is 5.32 Å². The first kappa shape index (κ1) is 16.3. The number of amides is 2. The van der Waals surface area contributed by atoms with Gasteiger partial charge in [0.25, 0.3) is 0 Å². The zero-order valence-electron chi connectivity index (χ0n) is 11.2. The number of thiophene rings is 1. The number of benzene rings is 1. The van der Waals surface area contributed by atoms with Crippen LogP contribution in [-0.2, 0) is 6.18 Å². The summed E-state index contributed by atoms with van der Waals surface area (Å²) in [4.78, 5) is 11.6. The number of aliphatic hydroxyl groups excluding tert-OH is 1. The molecule has 0 saturated carbocycles. The van der Waals surface area contributed by atoms with Crippen molar-refractivity contribution in [3.63, 3.8) is 0 Å². The minimum Gasteiger partial charge on any atom is -0.387 e. The third-order valence-electron chi connectivity index (χ3n) is 2.85. The predicted molar refractivity (Wildman–Crippen MR) is 77.7 cm³/mol. The Balaban J connectivity index is 1.84. The fraction of sp³-hybridized carbons (Fsp3) is 0.214. The van der Waals surface area contributed by atoms with Gasteiger partial charge >= 0.3 is 12.2 Å². The van der Waals surface area contributed by atoms with Crippen molar-refractivity contribution in [3.05, 3.63) is 52.2 Å². The predicted octanol–water partition coefficient (Wildman–Crippen LogP) is 3.62. The summed E-state index contributed by atoms with van der Waals surface area (Å²) >= 11 is 1.43. The quantitative estimate of drug-likeness (QED) is 0.802. The third-order valence-corrected chi connectivity index (χ3v) is 3.56. The van der Waals surface area contributed by atoms with Crippen molar-refractivity contribution in [2.24, 2.45) is 0 Å². The fourth-order valence-corrected chi connectivity index (χ4v) is 2.40. The van der Waals surface area contributed by atoms with Crippen molar-refractivity contribution >= 4 is 23.1 Å². The van der Waals surface area contributed by atoms with Crippen LogP contribution < -0.4 is 10.6 Å². The Morgan fingerprint density at radius 2 is 1.91 bits per heavy atom. The maximum atomic E-state index is 12.4. The van der Waals surface area contributed by atoms with Gasteiger partial charge in [-0.1, -0.05) is 0 Å². The summed E-state index contributed by atoms with van der Waals surface area (Å²) in [6.45, 7) is 0.00318. The van der Waals surface area contributed by atoms with Crippen molar-refractivity contribution in [3.8, 4) is 0 Å². The molecule has 8 heteroatoms. The van der Waals surface area contributed by atoms with E-state index in [4.69, 9.17) is 0 Å². The molecule has 1 unspecified atom stereocenters. The molecule has 0 aliphatic rings. The molecule has 0 spiro atoms. The molecule has 1 aromatic carbocycles. The normalized spacial score (nSPS) is 12.7. The molecular formula is C14H13F3N2O2S. The molecule has 0 saturated heterocycles. The van der Waals surface area contributed by atoms with Crippen LogP contribution >= 0.6 is 11.3 Å². The first-order valence-electron chi connectivity index (χ1n) is 6.28. The monoisotopic (exact) mass is 330 g/mol. The number of anilines is 1. The van der Waals surface area contributed by atoms with Crippen LogP contribution in [0.4, 0.5) is 23.7 Å². The molecule has 22 heavy (non-hydrogen) atoms. The summed E-state index contributed by atoms with van der Waals surface area (Å²) in [5.74, 6) is 0. The van der Waals surface area contributed by atoms with Gasteiger partial charge in [0, 0.05) is 12.2 Å². The summed E-state index contributed by atoms with van der Waals surface area (Å²) in [6, 6.07) is 5.24. The van der Waals surface area contributed by atoms with Gasteiger partial charge in [0.15, 0.2) is 0 Å². The van der Waals surface area contributed by atoms with Crippen LogP contribution in [-0.4, -0.2) is 17.7 Å². The van der Waals surface area contributed by atoms with Gasteiger partial charge in [0.05, 0.1) is 11.7 Å². The maximum absolute atomic E-state index is 12.4. The standard InChI is InChI=1S/C14H13F3N2O2S/c15-14(16,17)10-1-3-11(4-2-10)19-13(21)18-7-12(20)9-5-6-22-8-9/h1-6,8,12,20H,7H2,(H2,18,19,21). The number of rotatable bonds is 4. The molecule has 4 nitrogen and oxygen atoms in total. The number of urea groups is 1. The highest BCUT2D eigenvalue weighted by atomic mass is 32.1. The van der Waals surface area contributed by atoms with Crippen molar-refractivity contribution in [1.29, 1.82) is 0 Å². The van der Waals surface area contributed by atoms with Crippen LogP contribution in [0.3, 0.4) is 0 Å². The van der Waals surface area contributed by atoms with E-state index in [0.717, 1.165) is 24.3 Å². The van der Waals surface area contributed by atoms with E-state index < -0.39 is 23.9 Å². The summed E-state index contributed by atoms with van der Waals surface area (Å²) in [5.41, 5.74) is 0.140. The summed E-state index contributed by atoms with van der Waals surface area (Å²) < 4.78 is 37.2. The lowest BCUT2D eigenvalue weighted by molar-refractivity contribution is -0.137. The Kier molecular flexibility index (Phi) is 5.04. The van der Waals surface area contributed by atoms with E-state index in [1.807, 2.05) is 0 Å². The second kappa shape index (κ2) is 6.80. The molecule has 2 aromatic rings. The van der Waals surface area contributed by atoms with Crippen molar-refractivity contribution < 1.29 is 23.1 Å². The summed E-state index contributed by atoms with van der Waals surface area (Å²) in [7, 11) is 0. The number of halogens is 3. The lowest BCUT2D eigenvalue weighted by atomic mass is 10.2. The van der Waals surface area contributed by atoms with Gasteiger partial charge in [-0.3, -0.25) is 0 Å². The number of aliphatic hydroxyl groups is 1. The molecular weight excluding hydrogens is 317 g/mol. The number of alkyl halides is 3. The molecule has 0 fully saturated rings. The molecule has 3 N–H and O–H groups in total. The lowest BCUT2D eigenvalue weighted by Crippen LogP contribution is -2.32. The minimum atomic E-state index is -4.41. The maximum Gasteiger partial charge on any atom is 0.416 e. The average Bonchev–Trinajstić information content (AvgIpc) is 2.98. The number of nitrogens with one attached hydrogen (secondary N) is 2. The average molecular weight is 330 g/mol. The van der Waals surface area contributed by atoms with E-state index >= 15 is 0 Å². The van der Waals surface area contributed by atoms with Gasteiger partial charge < -0.3 is 15.7 Å². The molecule has 0 radical (unpaired) electrons. The summed E-state index contributed by atoms with van der Waals surface area (Å²) in [6.07, 6.45) is -5.24. The Labute approximate surface area is 128 Å². The molecule has 1 aromatic heterocycles. The van der Waals surface area contributed by atoms with Gasteiger partial charge in [-0.15, -0.1) is 0 Å². The molecule has 1 heterocycles. The van der Waals surface area contributed by atoms with Crippen LogP contribution in [0.1, 0.15) is 17.2 Å². The topological polar surface area (TPSA) is 61.4 Å². The molecule has 2 amide bonds. The molecule has 118 valence electrons. The van der Waals surface area contributed by atoms with Crippen molar-refractivity contribution in [2.75, 3.05) is 11.9 Å². The van der Waals surface area contributed by atoms with Crippen LogP contribution in [0.2, 0.25) is 0 Å². The van der Waals surface area contributed by atoms with Gasteiger partial charge in [-0.2, -0.15) is 24.5 Å². The highest BCUT2D eigenvalue weighted by molar-refractivity contribution is 7.07. The van der Waals surface area contributed by atoms with E-state index in [2.05, 4.69) is 10.6 Å². The largest absolute Gasteiger partial charge is 0.416 e. The SMILES string of the molecule is O=C(NCC(O)c1ccsc1)Nc1ccc(C(F)(F)F)cc1. The van der Waals surface area contributed by atoms with Crippen LogP contribution in [0.15, 0.2) is 41.1 Å². The Bertz CT molecular complexity index is 612. The zero-order valence-corrected chi connectivity index (χ0v) is 12.0. The van der Waals surface area contributed by atoms with E-state index in [1.165, 1.54) is 11.3 Å². The summed E-state index contributed by atoms with van der Waals surface area (Å²) in [5, 5.41) is 18.2. The second-order valence-electron chi connectivity index (χ2n) is 4.48. The van der Waals surface area contributed by atoms with E-state index in [-0.39, 0.29) is 12.2 Å². The first-order valence-corrected chi connectivity index (χ1v) is 7.23. The van der Waals surface area contributed by atoms with E-state index in [1.54, 1.807) is 16.8 Å². The fourth-order valence-electron chi connectivity index (χ4n) is 1.69. The Morgan fingerprint density at radius 3 is 2.45 bits per heavy atom. The first-order chi connectivity index (χ1) is 10.4. The number of hydrogen-bond donors (Lipinski definition) is 3. The lowest BCUT2D eigenvalue weighted by Gasteiger charge is -2.12. The van der Waals surface area contributed by atoms with Crippen LogP contribution in [0, 0.1) is 0 Å². The Morgan fingerprint density at radius 1 is 1.23 bits per heavy atom. The Hall–Kier alpha value is -2.06. The van der Waals surface area contributed by atoms with Gasteiger partial charge in [-0.05, 0) is 46.7 Å². The van der Waals surface area contributed by atoms with Crippen molar-refractivity contribution in [2.45, 2.75) is 12.3 Å². The molecule has 0 aliphatic carbocycles. The third kappa shape index (κ3) is 4.47. The number of hydrogen-bond acceptors (Lipinski definition) is 3. The highest BCUT2D eigenvalue weighted by Crippen LogP contribution is 2.29. The minimum absolute atomic E-state index is 0.00318. The highest BCUT2D eigenvalue weighted by Gasteiger charge is 2.29. The number of carbonyl (C=O) groups is 1. The number of carbonyl (C=O) groups excluding carboxylic acids is 1. The van der Waals surface area contributed by atoms with Gasteiger partial charge in [0.1, 0.15) is 0 Å². The molecule has 2 rings (SSSR count). The van der Waals surface area contributed by atoms with Gasteiger partial charge in [0.2, 0.25) is 0 Å². The van der Waals surface area contributed by atoms with E-state index in [0.29, 0.717) is 5.56 Å².